The van der Waals surface area contributed by atoms with Crippen molar-refractivity contribution in [3.8, 4) is 11.4 Å². The highest BCUT2D eigenvalue weighted by molar-refractivity contribution is 5.99. The molecule has 12 heteroatoms. The monoisotopic (exact) mass is 426 g/mol. The third-order valence-corrected chi connectivity index (χ3v) is 4.52. The van der Waals surface area contributed by atoms with Crippen LogP contribution in [0.3, 0.4) is 0 Å². The summed E-state index contributed by atoms with van der Waals surface area (Å²) in [4.78, 5) is 33.1. The number of anilines is 3. The molecule has 0 spiro atoms. The number of carbonyl (C=O) groups excluding carboxylic acids is 2. The van der Waals surface area contributed by atoms with Crippen molar-refractivity contribution in [2.45, 2.75) is 19.8 Å². The van der Waals surface area contributed by atoms with E-state index in [1.165, 1.54) is 30.4 Å². The first kappa shape index (κ1) is 16.7. The number of hydrogen-bond acceptors (Lipinski definition) is 9. The van der Waals surface area contributed by atoms with Crippen LogP contribution in [0.5, 0.6) is 5.75 Å². The lowest BCUT2D eigenvalue weighted by atomic mass is 10.2. The first-order valence-electron chi connectivity index (χ1n) is 10.8. The number of rotatable bonds is 7. The van der Waals surface area contributed by atoms with Crippen molar-refractivity contribution in [1.82, 2.24) is 35.3 Å². The lowest BCUT2D eigenvalue weighted by Crippen LogP contribution is -2.22. The summed E-state index contributed by atoms with van der Waals surface area (Å²) in [6, 6.07) is 3.03. The Morgan fingerprint density at radius 3 is 2.81 bits per heavy atom. The van der Waals surface area contributed by atoms with E-state index in [1.54, 1.807) is 13.0 Å². The number of methoxy groups -OCH3 is 1. The van der Waals surface area contributed by atoms with Crippen LogP contribution in [0.2, 0.25) is 0 Å². The number of nitrogens with one attached hydrogen (secondary N) is 3. The molecule has 0 atom stereocenters. The second kappa shape index (κ2) is 8.34. The van der Waals surface area contributed by atoms with Crippen molar-refractivity contribution in [2.75, 3.05) is 24.7 Å². The molecule has 0 aliphatic heterocycles. The second-order valence-electron chi connectivity index (χ2n) is 6.78. The van der Waals surface area contributed by atoms with Gasteiger partial charge in [0.05, 0.1) is 12.8 Å². The Morgan fingerprint density at radius 1 is 1.29 bits per heavy atom. The highest BCUT2D eigenvalue weighted by atomic mass is 16.5. The number of nitrogens with zero attached hydrogens (tertiary/aromatic N) is 6. The fourth-order valence-corrected chi connectivity index (χ4v) is 2.85. The van der Waals surface area contributed by atoms with Gasteiger partial charge >= 0.3 is 0 Å². The van der Waals surface area contributed by atoms with Gasteiger partial charge in [0, 0.05) is 29.3 Å². The van der Waals surface area contributed by atoms with Crippen LogP contribution < -0.4 is 20.7 Å². The van der Waals surface area contributed by atoms with Gasteiger partial charge in [0.1, 0.15) is 17.8 Å². The van der Waals surface area contributed by atoms with E-state index in [9.17, 15) is 9.59 Å². The molecular weight excluding hydrogens is 402 g/mol. The first-order chi connectivity index (χ1) is 16.1. The molecule has 160 valence electrons. The third-order valence-electron chi connectivity index (χ3n) is 4.52. The SMILES string of the molecule is [2H]C([2H])([2H])NC(=O)c1nnc(NC(=O)C2CC2)cc1Nc1nccc(-n2cnc(C)n2)c1OC. The molecule has 0 unspecified atom stereocenters. The molecular formula is C19H21N9O3. The van der Waals surface area contributed by atoms with Crippen LogP contribution in [0.15, 0.2) is 24.7 Å². The molecule has 1 aliphatic rings. The maximum Gasteiger partial charge on any atom is 0.273 e. The van der Waals surface area contributed by atoms with Crippen LogP contribution in [0, 0.1) is 12.8 Å². The lowest BCUT2D eigenvalue weighted by molar-refractivity contribution is -0.117. The molecule has 0 radical (unpaired) electrons. The minimum atomic E-state index is -2.74. The third kappa shape index (κ3) is 4.27. The molecule has 1 aliphatic carbocycles. The predicted octanol–water partition coefficient (Wildman–Crippen LogP) is 1.22. The fourth-order valence-electron chi connectivity index (χ4n) is 2.85. The Bertz CT molecular complexity index is 1240. The Hall–Kier alpha value is -4.09. The zero-order valence-corrected chi connectivity index (χ0v) is 16.7. The summed E-state index contributed by atoms with van der Waals surface area (Å²) in [6.07, 6.45) is 4.58. The van der Waals surface area contributed by atoms with Crippen LogP contribution >= 0.6 is 0 Å². The highest BCUT2D eigenvalue weighted by Crippen LogP contribution is 2.33. The van der Waals surface area contributed by atoms with Crippen LogP contribution in [0.25, 0.3) is 5.69 Å². The maximum atomic E-state index is 12.6. The van der Waals surface area contributed by atoms with E-state index in [2.05, 4.69) is 35.9 Å². The van der Waals surface area contributed by atoms with Crippen LogP contribution in [0.4, 0.5) is 17.3 Å². The summed E-state index contributed by atoms with van der Waals surface area (Å²) in [5, 5.41) is 19.4. The lowest BCUT2D eigenvalue weighted by Gasteiger charge is -2.15. The Labute approximate surface area is 181 Å². The van der Waals surface area contributed by atoms with Gasteiger partial charge in [-0.2, -0.15) is 5.10 Å². The smallest absolute Gasteiger partial charge is 0.273 e. The Morgan fingerprint density at radius 2 is 2.13 bits per heavy atom. The molecule has 0 bridgehead atoms. The number of pyridine rings is 1. The zero-order valence-electron chi connectivity index (χ0n) is 19.7. The number of aryl methyl sites for hydroxylation is 1. The average molecular weight is 426 g/mol. The normalized spacial score (nSPS) is 14.7. The number of ether oxygens (including phenoxy) is 1. The van der Waals surface area contributed by atoms with E-state index in [0.29, 0.717) is 11.5 Å². The first-order valence-corrected chi connectivity index (χ1v) is 9.34. The summed E-state index contributed by atoms with van der Waals surface area (Å²) in [5.74, 6) is -0.186. The van der Waals surface area contributed by atoms with Gasteiger partial charge in [-0.05, 0) is 25.8 Å². The standard InChI is InChI=1S/C19H21N9O3/c1-10-22-9-28(27-10)13-6-7-21-17(16(13)31-3)23-12-8-14(24-18(29)11-4-5-11)25-26-15(12)19(30)20-2/h6-9,11H,4-5H2,1-3H3,(H,20,30)(H2,21,23,24,25,29)/i2D3. The van der Waals surface area contributed by atoms with E-state index in [1.807, 2.05) is 5.32 Å². The van der Waals surface area contributed by atoms with Crippen molar-refractivity contribution < 1.29 is 18.4 Å². The van der Waals surface area contributed by atoms with Crippen molar-refractivity contribution in [1.29, 1.82) is 0 Å². The minimum Gasteiger partial charge on any atom is -0.491 e. The molecule has 0 saturated heterocycles. The van der Waals surface area contributed by atoms with Gasteiger partial charge in [0.2, 0.25) is 5.91 Å². The second-order valence-corrected chi connectivity index (χ2v) is 6.78. The Balaban J connectivity index is 1.72. The summed E-state index contributed by atoms with van der Waals surface area (Å²) < 4.78 is 28.9. The van der Waals surface area contributed by atoms with Gasteiger partial charge in [-0.3, -0.25) is 9.59 Å². The van der Waals surface area contributed by atoms with Gasteiger partial charge in [-0.25, -0.2) is 14.6 Å². The van der Waals surface area contributed by atoms with Crippen molar-refractivity contribution >= 4 is 29.1 Å². The molecule has 4 rings (SSSR count). The zero-order chi connectivity index (χ0) is 24.5. The molecule has 3 N–H and O–H groups in total. The van der Waals surface area contributed by atoms with E-state index < -0.39 is 12.9 Å². The highest BCUT2D eigenvalue weighted by Gasteiger charge is 2.30. The van der Waals surface area contributed by atoms with Gasteiger partial charge in [0.25, 0.3) is 5.91 Å². The van der Waals surface area contributed by atoms with Gasteiger partial charge in [-0.15, -0.1) is 10.2 Å². The van der Waals surface area contributed by atoms with Gasteiger partial charge in [-0.1, -0.05) is 0 Å². The summed E-state index contributed by atoms with van der Waals surface area (Å²) in [6.45, 7) is -1.01. The number of hydrogen-bond donors (Lipinski definition) is 3. The molecule has 2 amide bonds. The van der Waals surface area contributed by atoms with E-state index >= 15 is 0 Å². The number of carbonyl (C=O) groups is 2. The molecule has 3 aromatic rings. The Kier molecular flexibility index (Phi) is 4.49. The van der Waals surface area contributed by atoms with E-state index in [4.69, 9.17) is 8.85 Å². The molecule has 1 saturated carbocycles. The summed E-state index contributed by atoms with van der Waals surface area (Å²) in [5.41, 5.74) is 0.255. The van der Waals surface area contributed by atoms with Crippen molar-refractivity contribution in [3.05, 3.63) is 36.2 Å². The molecule has 12 nitrogen and oxygen atoms in total. The quantitative estimate of drug-likeness (QED) is 0.507. The van der Waals surface area contributed by atoms with Gasteiger partial charge in [0.15, 0.2) is 23.1 Å². The minimum absolute atomic E-state index is 0.0561. The topological polar surface area (TPSA) is 149 Å². The largest absolute Gasteiger partial charge is 0.491 e. The maximum absolute atomic E-state index is 12.6. The van der Waals surface area contributed by atoms with Crippen molar-refractivity contribution in [3.63, 3.8) is 0 Å². The molecule has 3 aromatic heterocycles. The van der Waals surface area contributed by atoms with E-state index in [-0.39, 0.29) is 40.6 Å². The van der Waals surface area contributed by atoms with Crippen LogP contribution in [0.1, 0.15) is 33.3 Å². The summed E-state index contributed by atoms with van der Waals surface area (Å²) >= 11 is 0. The molecule has 31 heavy (non-hydrogen) atoms. The number of amides is 2. The van der Waals surface area contributed by atoms with Gasteiger partial charge < -0.3 is 20.7 Å². The van der Waals surface area contributed by atoms with Crippen LogP contribution in [-0.2, 0) is 4.79 Å². The van der Waals surface area contributed by atoms with Crippen LogP contribution in [-0.4, -0.2) is 55.8 Å². The predicted molar refractivity (Wildman–Crippen MR) is 111 cm³/mol. The average Bonchev–Trinajstić information content (AvgIpc) is 3.53. The summed E-state index contributed by atoms with van der Waals surface area (Å²) in [7, 11) is 1.43. The molecule has 3 heterocycles. The fraction of sp³-hybridized carbons (Fsp3) is 0.316. The number of aromatic nitrogens is 6. The van der Waals surface area contributed by atoms with Crippen molar-refractivity contribution in [2.24, 2.45) is 5.92 Å². The molecule has 1 fully saturated rings. The van der Waals surface area contributed by atoms with E-state index in [0.717, 1.165) is 12.8 Å². The molecule has 0 aromatic carbocycles.